The van der Waals surface area contributed by atoms with Crippen LogP contribution < -0.4 is 29.7 Å². The normalized spacial score (nSPS) is 15.7. The van der Waals surface area contributed by atoms with Crippen molar-refractivity contribution in [1.29, 1.82) is 0 Å². The van der Waals surface area contributed by atoms with Gasteiger partial charge in [-0.05, 0) is 25.0 Å². The Morgan fingerprint density at radius 1 is 1.22 bits per heavy atom. The van der Waals surface area contributed by atoms with Crippen molar-refractivity contribution in [1.82, 2.24) is 15.6 Å². The molecule has 2 heterocycles. The zero-order chi connectivity index (χ0) is 22.1. The zero-order valence-corrected chi connectivity index (χ0v) is 21.0. The number of nitrogens with zero attached hydrogens (tertiary/aromatic N) is 3. The third-order valence-corrected chi connectivity index (χ3v) is 5.00. The highest BCUT2D eigenvalue weighted by Gasteiger charge is 2.25. The summed E-state index contributed by atoms with van der Waals surface area (Å²) < 4.78 is 30.3. The van der Waals surface area contributed by atoms with E-state index in [1.54, 1.807) is 39.6 Å². The molecule has 1 aromatic heterocycles. The van der Waals surface area contributed by atoms with Crippen LogP contribution in [0, 0.1) is 5.82 Å². The standard InChI is InChI=1S/C22H30FN5O3.HI/c1-24-22(27-16-7-10-28(15-16)21-20(23)6-4-8-25-21)26-9-5-11-31-19-13-17(29-2)12-18(14-19)30-3;/h4,6,8,12-14,16H,5,7,9-11,15H2,1-3H3,(H2,24,26,27);1H. The molecule has 1 aromatic carbocycles. The van der Waals surface area contributed by atoms with Gasteiger partial charge in [-0.1, -0.05) is 0 Å². The van der Waals surface area contributed by atoms with Crippen molar-refractivity contribution < 1.29 is 18.6 Å². The van der Waals surface area contributed by atoms with Crippen LogP contribution in [0.3, 0.4) is 0 Å². The van der Waals surface area contributed by atoms with Crippen LogP contribution in [-0.4, -0.2) is 64.5 Å². The molecule has 0 amide bonds. The van der Waals surface area contributed by atoms with E-state index in [0.717, 1.165) is 25.3 Å². The van der Waals surface area contributed by atoms with Gasteiger partial charge < -0.3 is 29.7 Å². The van der Waals surface area contributed by atoms with Crippen LogP contribution >= 0.6 is 24.0 Å². The molecule has 3 rings (SSSR count). The SMILES string of the molecule is CN=C(NCCCOc1cc(OC)cc(OC)c1)NC1CCN(c2ncccc2F)C1.I. The smallest absolute Gasteiger partial charge is 0.191 e. The van der Waals surface area contributed by atoms with Gasteiger partial charge in [0.15, 0.2) is 17.6 Å². The molecule has 0 bridgehead atoms. The lowest BCUT2D eigenvalue weighted by atomic mass is 10.3. The fourth-order valence-corrected chi connectivity index (χ4v) is 3.40. The Hall–Kier alpha value is -2.50. The number of hydrogen-bond donors (Lipinski definition) is 2. The van der Waals surface area contributed by atoms with Gasteiger partial charge in [-0.3, -0.25) is 4.99 Å². The maximum absolute atomic E-state index is 14.0. The van der Waals surface area contributed by atoms with Gasteiger partial charge in [-0.25, -0.2) is 9.37 Å². The van der Waals surface area contributed by atoms with Crippen LogP contribution in [0.4, 0.5) is 10.2 Å². The van der Waals surface area contributed by atoms with Crippen LogP contribution in [0.25, 0.3) is 0 Å². The lowest BCUT2D eigenvalue weighted by Crippen LogP contribution is -2.45. The molecule has 0 aliphatic carbocycles. The second-order valence-corrected chi connectivity index (χ2v) is 7.13. The largest absolute Gasteiger partial charge is 0.496 e. The van der Waals surface area contributed by atoms with E-state index in [1.165, 1.54) is 6.07 Å². The van der Waals surface area contributed by atoms with Gasteiger partial charge in [-0.15, -0.1) is 24.0 Å². The average Bonchev–Trinajstić information content (AvgIpc) is 3.26. The van der Waals surface area contributed by atoms with Crippen LogP contribution in [0.1, 0.15) is 12.8 Å². The van der Waals surface area contributed by atoms with Crippen LogP contribution in [0.15, 0.2) is 41.5 Å². The third kappa shape index (κ3) is 7.28. The highest BCUT2D eigenvalue weighted by molar-refractivity contribution is 14.0. The van der Waals surface area contributed by atoms with Crippen molar-refractivity contribution in [3.63, 3.8) is 0 Å². The molecule has 176 valence electrons. The Bertz CT molecular complexity index is 864. The first-order valence-corrected chi connectivity index (χ1v) is 10.3. The maximum Gasteiger partial charge on any atom is 0.191 e. The average molecular weight is 559 g/mol. The second-order valence-electron chi connectivity index (χ2n) is 7.13. The van der Waals surface area contributed by atoms with Gasteiger partial charge in [0, 0.05) is 57.1 Å². The van der Waals surface area contributed by atoms with Gasteiger partial charge >= 0.3 is 0 Å². The summed E-state index contributed by atoms with van der Waals surface area (Å²) in [4.78, 5) is 10.4. The zero-order valence-electron chi connectivity index (χ0n) is 18.6. The van der Waals surface area contributed by atoms with Crippen molar-refractivity contribution in [3.05, 3.63) is 42.3 Å². The molecule has 32 heavy (non-hydrogen) atoms. The van der Waals surface area contributed by atoms with Gasteiger partial charge in [0.25, 0.3) is 0 Å². The lowest BCUT2D eigenvalue weighted by molar-refractivity contribution is 0.305. The van der Waals surface area contributed by atoms with Crippen molar-refractivity contribution in [2.24, 2.45) is 4.99 Å². The molecule has 1 unspecified atom stereocenters. The Morgan fingerprint density at radius 3 is 2.59 bits per heavy atom. The summed E-state index contributed by atoms with van der Waals surface area (Å²) in [6.45, 7) is 2.67. The van der Waals surface area contributed by atoms with E-state index in [-0.39, 0.29) is 35.8 Å². The summed E-state index contributed by atoms with van der Waals surface area (Å²) in [7, 11) is 4.95. The molecule has 2 aromatic rings. The molecule has 1 saturated heterocycles. The van der Waals surface area contributed by atoms with Crippen LogP contribution in [-0.2, 0) is 0 Å². The Labute approximate surface area is 205 Å². The van der Waals surface area contributed by atoms with E-state index < -0.39 is 0 Å². The minimum absolute atomic E-state index is 0. The Morgan fingerprint density at radius 2 is 1.94 bits per heavy atom. The summed E-state index contributed by atoms with van der Waals surface area (Å²) in [5.74, 6) is 2.91. The fraction of sp³-hybridized carbons (Fsp3) is 0.455. The number of ether oxygens (including phenoxy) is 3. The van der Waals surface area contributed by atoms with Crippen molar-refractivity contribution in [2.75, 3.05) is 52.4 Å². The van der Waals surface area contributed by atoms with E-state index in [9.17, 15) is 4.39 Å². The molecule has 1 aliphatic heterocycles. The van der Waals surface area contributed by atoms with E-state index >= 15 is 0 Å². The third-order valence-electron chi connectivity index (χ3n) is 5.00. The maximum atomic E-state index is 14.0. The predicted octanol–water partition coefficient (Wildman–Crippen LogP) is 3.07. The Kier molecular flexibility index (Phi) is 10.6. The molecule has 1 fully saturated rings. The first-order valence-electron chi connectivity index (χ1n) is 10.3. The fourth-order valence-electron chi connectivity index (χ4n) is 3.40. The highest BCUT2D eigenvalue weighted by atomic mass is 127. The first kappa shape index (κ1) is 25.8. The van der Waals surface area contributed by atoms with Gasteiger partial charge in [0.2, 0.25) is 0 Å². The van der Waals surface area contributed by atoms with E-state index in [0.29, 0.717) is 42.8 Å². The number of aliphatic imine (C=N–C) groups is 1. The molecule has 2 N–H and O–H groups in total. The number of nitrogens with one attached hydrogen (secondary N) is 2. The van der Waals surface area contributed by atoms with E-state index in [4.69, 9.17) is 14.2 Å². The number of halogens is 2. The van der Waals surface area contributed by atoms with E-state index in [1.807, 2.05) is 17.0 Å². The van der Waals surface area contributed by atoms with Gasteiger partial charge in [0.05, 0.1) is 20.8 Å². The molecule has 0 spiro atoms. The summed E-state index contributed by atoms with van der Waals surface area (Å²) in [6.07, 6.45) is 3.29. The summed E-state index contributed by atoms with van der Waals surface area (Å²) in [5.41, 5.74) is 0. The second kappa shape index (κ2) is 13.1. The topological polar surface area (TPSA) is 80.2 Å². The van der Waals surface area contributed by atoms with Gasteiger partial charge in [-0.2, -0.15) is 0 Å². The number of pyridine rings is 1. The number of hydrogen-bond acceptors (Lipinski definition) is 6. The molecule has 8 nitrogen and oxygen atoms in total. The van der Waals surface area contributed by atoms with E-state index in [2.05, 4.69) is 20.6 Å². The minimum Gasteiger partial charge on any atom is -0.496 e. The molecule has 0 saturated carbocycles. The minimum atomic E-state index is -0.292. The first-order chi connectivity index (χ1) is 15.1. The quantitative estimate of drug-likeness (QED) is 0.212. The lowest BCUT2D eigenvalue weighted by Gasteiger charge is -2.20. The molecule has 10 heteroatoms. The molecular formula is C22H31FIN5O3. The number of rotatable bonds is 9. The highest BCUT2D eigenvalue weighted by Crippen LogP contribution is 2.27. The van der Waals surface area contributed by atoms with Crippen molar-refractivity contribution >= 4 is 35.8 Å². The predicted molar refractivity (Wildman–Crippen MR) is 134 cm³/mol. The van der Waals surface area contributed by atoms with Crippen molar-refractivity contribution in [2.45, 2.75) is 18.9 Å². The van der Waals surface area contributed by atoms with Crippen LogP contribution in [0.2, 0.25) is 0 Å². The molecule has 1 aliphatic rings. The summed E-state index contributed by atoms with van der Waals surface area (Å²) in [5, 5.41) is 6.69. The summed E-state index contributed by atoms with van der Waals surface area (Å²) >= 11 is 0. The molecule has 0 radical (unpaired) electrons. The summed E-state index contributed by atoms with van der Waals surface area (Å²) in [6, 6.07) is 8.67. The number of methoxy groups -OCH3 is 2. The number of aromatic nitrogens is 1. The molecule has 1 atom stereocenters. The van der Waals surface area contributed by atoms with Crippen LogP contribution in [0.5, 0.6) is 17.2 Å². The number of guanidine groups is 1. The number of benzene rings is 1. The Balaban J connectivity index is 0.00000363. The molecular weight excluding hydrogens is 528 g/mol. The number of anilines is 1. The van der Waals surface area contributed by atoms with Crippen molar-refractivity contribution in [3.8, 4) is 17.2 Å². The monoisotopic (exact) mass is 559 g/mol. The van der Waals surface area contributed by atoms with Gasteiger partial charge in [0.1, 0.15) is 17.2 Å².